The summed E-state index contributed by atoms with van der Waals surface area (Å²) in [6.07, 6.45) is 0. The Morgan fingerprint density at radius 3 is 2.45 bits per heavy atom. The van der Waals surface area contributed by atoms with Crippen molar-refractivity contribution in [3.63, 3.8) is 0 Å². The van der Waals surface area contributed by atoms with Gasteiger partial charge in [-0.2, -0.15) is 0 Å². The zero-order valence-corrected chi connectivity index (χ0v) is 19.4. The lowest BCUT2D eigenvalue weighted by Gasteiger charge is -2.16. The van der Waals surface area contributed by atoms with Gasteiger partial charge in [0.2, 0.25) is 0 Å². The summed E-state index contributed by atoms with van der Waals surface area (Å²) in [6, 6.07) is 20.7. The molecule has 0 N–H and O–H groups in total. The quantitative estimate of drug-likeness (QED) is 0.198. The molecule has 33 heavy (non-hydrogen) atoms. The van der Waals surface area contributed by atoms with E-state index in [9.17, 15) is 9.59 Å². The number of thioether (sulfide) groups is 1. The van der Waals surface area contributed by atoms with Crippen LogP contribution in [0.25, 0.3) is 27.6 Å². The normalized spacial score (nSPS) is 11.4. The van der Waals surface area contributed by atoms with Crippen molar-refractivity contribution in [2.24, 2.45) is 0 Å². The van der Waals surface area contributed by atoms with Crippen LogP contribution in [0.4, 0.5) is 0 Å². The minimum absolute atomic E-state index is 0.108. The molecular weight excluding hydrogens is 432 g/mol. The summed E-state index contributed by atoms with van der Waals surface area (Å²) in [5.74, 6) is 0.473. The lowest BCUT2D eigenvalue weighted by molar-refractivity contribution is 0.559. The highest BCUT2D eigenvalue weighted by Crippen LogP contribution is 2.29. The van der Waals surface area contributed by atoms with E-state index in [1.54, 1.807) is 10.6 Å². The Hall–Kier alpha value is -3.64. The van der Waals surface area contributed by atoms with Crippen LogP contribution < -0.4 is 11.2 Å². The number of benzene rings is 3. The first-order valence-corrected chi connectivity index (χ1v) is 11.6. The molecule has 2 aromatic heterocycles. The third-order valence-electron chi connectivity index (χ3n) is 5.68. The van der Waals surface area contributed by atoms with Crippen molar-refractivity contribution in [2.45, 2.75) is 31.7 Å². The number of nitrogens with zero attached hydrogens (tertiary/aromatic N) is 2. The number of hydrogen-bond acceptors (Lipinski definition) is 5. The monoisotopic (exact) mass is 454 g/mol. The predicted molar refractivity (Wildman–Crippen MR) is 134 cm³/mol. The molecular formula is C27H22N2O3S. The Morgan fingerprint density at radius 2 is 1.64 bits per heavy atom. The maximum Gasteiger partial charge on any atom is 0.336 e. The van der Waals surface area contributed by atoms with E-state index in [4.69, 9.17) is 9.40 Å². The van der Waals surface area contributed by atoms with Crippen LogP contribution in [0.5, 0.6) is 0 Å². The predicted octanol–water partition coefficient (Wildman–Crippen LogP) is 5.71. The van der Waals surface area contributed by atoms with Crippen molar-refractivity contribution < 1.29 is 4.42 Å². The molecule has 0 saturated heterocycles. The molecule has 0 bridgehead atoms. The molecule has 0 aliphatic carbocycles. The summed E-state index contributed by atoms with van der Waals surface area (Å²) < 4.78 is 7.08. The van der Waals surface area contributed by atoms with Crippen LogP contribution in [0, 0.1) is 20.8 Å². The molecule has 2 heterocycles. The highest BCUT2D eigenvalue weighted by molar-refractivity contribution is 7.98. The number of aromatic nitrogens is 2. The van der Waals surface area contributed by atoms with Crippen molar-refractivity contribution in [3.8, 4) is 5.69 Å². The number of aryl methyl sites for hydroxylation is 3. The van der Waals surface area contributed by atoms with Crippen LogP contribution in [0.15, 0.2) is 85.9 Å². The van der Waals surface area contributed by atoms with Crippen LogP contribution >= 0.6 is 11.8 Å². The van der Waals surface area contributed by atoms with Gasteiger partial charge in [-0.15, -0.1) is 0 Å². The number of hydrogen-bond donors (Lipinski definition) is 0. The fourth-order valence-corrected chi connectivity index (χ4v) is 5.07. The Morgan fingerprint density at radius 1 is 0.879 bits per heavy atom. The summed E-state index contributed by atoms with van der Waals surface area (Å²) in [6.45, 7) is 5.99. The SMILES string of the molecule is Cc1ccc(-n2c(SCc3cc(=O)oc4cc(C)ccc34)nc3ccccc3c2=O)c(C)c1. The highest BCUT2D eigenvalue weighted by Gasteiger charge is 2.16. The number of para-hydroxylation sites is 1. The Bertz CT molecular complexity index is 1650. The van der Waals surface area contributed by atoms with Gasteiger partial charge in [0.15, 0.2) is 5.16 Å². The molecule has 0 aliphatic heterocycles. The molecule has 5 aromatic rings. The second-order valence-corrected chi connectivity index (χ2v) is 9.16. The molecule has 0 amide bonds. The Kier molecular flexibility index (Phi) is 5.38. The van der Waals surface area contributed by atoms with Crippen LogP contribution in [0.1, 0.15) is 22.3 Å². The molecule has 164 valence electrons. The van der Waals surface area contributed by atoms with Gasteiger partial charge in [0.1, 0.15) is 5.58 Å². The van der Waals surface area contributed by atoms with Gasteiger partial charge in [0.05, 0.1) is 16.6 Å². The van der Waals surface area contributed by atoms with Crippen LogP contribution in [0.3, 0.4) is 0 Å². The van der Waals surface area contributed by atoms with E-state index in [1.807, 2.05) is 69.3 Å². The first kappa shape index (κ1) is 21.2. The second-order valence-electron chi connectivity index (χ2n) is 8.22. The van der Waals surface area contributed by atoms with Gasteiger partial charge in [0, 0.05) is 17.2 Å². The van der Waals surface area contributed by atoms with Gasteiger partial charge >= 0.3 is 5.63 Å². The minimum Gasteiger partial charge on any atom is -0.423 e. The van der Waals surface area contributed by atoms with E-state index in [0.29, 0.717) is 27.4 Å². The first-order chi connectivity index (χ1) is 15.9. The minimum atomic E-state index is -0.387. The fraction of sp³-hybridized carbons (Fsp3) is 0.148. The number of fused-ring (bicyclic) bond motifs is 2. The summed E-state index contributed by atoms with van der Waals surface area (Å²) in [5.41, 5.74) is 5.53. The average molecular weight is 455 g/mol. The van der Waals surface area contributed by atoms with Gasteiger partial charge in [-0.3, -0.25) is 9.36 Å². The fourth-order valence-electron chi connectivity index (χ4n) is 4.08. The molecule has 0 fully saturated rings. The second kappa shape index (κ2) is 8.37. The summed E-state index contributed by atoms with van der Waals surface area (Å²) in [5, 5.41) is 2.04. The zero-order valence-electron chi connectivity index (χ0n) is 18.6. The molecule has 5 nitrogen and oxygen atoms in total. The molecule has 3 aromatic carbocycles. The molecule has 0 aliphatic rings. The molecule has 0 radical (unpaired) electrons. The standard InChI is InChI=1S/C27H22N2O3S/c1-16-9-11-23(18(3)12-16)29-26(31)21-6-4-5-7-22(21)28-27(29)33-15-19-14-25(30)32-24-13-17(2)8-10-20(19)24/h4-14H,15H2,1-3H3. The van der Waals surface area contributed by atoms with Crippen molar-refractivity contribution in [1.82, 2.24) is 9.55 Å². The van der Waals surface area contributed by atoms with Crippen molar-refractivity contribution in [3.05, 3.63) is 110 Å². The van der Waals surface area contributed by atoms with E-state index < -0.39 is 0 Å². The van der Waals surface area contributed by atoms with E-state index in [-0.39, 0.29) is 11.2 Å². The maximum absolute atomic E-state index is 13.5. The largest absolute Gasteiger partial charge is 0.423 e. The van der Waals surface area contributed by atoms with Gasteiger partial charge in [-0.05, 0) is 61.7 Å². The van der Waals surface area contributed by atoms with Gasteiger partial charge < -0.3 is 4.42 Å². The van der Waals surface area contributed by atoms with Gasteiger partial charge in [-0.1, -0.05) is 53.7 Å². The van der Waals surface area contributed by atoms with Crippen molar-refractivity contribution >= 4 is 33.6 Å². The summed E-state index contributed by atoms with van der Waals surface area (Å²) in [7, 11) is 0. The molecule has 0 spiro atoms. The number of rotatable bonds is 4. The highest BCUT2D eigenvalue weighted by atomic mass is 32.2. The van der Waals surface area contributed by atoms with E-state index in [0.717, 1.165) is 33.3 Å². The van der Waals surface area contributed by atoms with E-state index in [1.165, 1.54) is 17.8 Å². The van der Waals surface area contributed by atoms with Crippen molar-refractivity contribution in [1.29, 1.82) is 0 Å². The summed E-state index contributed by atoms with van der Waals surface area (Å²) in [4.78, 5) is 30.6. The molecule has 6 heteroatoms. The molecule has 0 saturated carbocycles. The van der Waals surface area contributed by atoms with E-state index in [2.05, 4.69) is 6.07 Å². The third kappa shape index (κ3) is 3.98. The topological polar surface area (TPSA) is 65.1 Å². The lowest BCUT2D eigenvalue weighted by Crippen LogP contribution is -2.22. The summed E-state index contributed by atoms with van der Waals surface area (Å²) >= 11 is 1.44. The third-order valence-corrected chi connectivity index (χ3v) is 6.67. The van der Waals surface area contributed by atoms with Crippen LogP contribution in [-0.2, 0) is 5.75 Å². The van der Waals surface area contributed by atoms with E-state index >= 15 is 0 Å². The Balaban J connectivity index is 1.67. The Labute approximate surface area is 194 Å². The van der Waals surface area contributed by atoms with Gasteiger partial charge in [-0.25, -0.2) is 9.78 Å². The molecule has 0 unspecified atom stereocenters. The molecule has 5 rings (SSSR count). The molecule has 0 atom stereocenters. The smallest absolute Gasteiger partial charge is 0.336 e. The zero-order chi connectivity index (χ0) is 23.1. The average Bonchev–Trinajstić information content (AvgIpc) is 2.78. The van der Waals surface area contributed by atoms with Crippen molar-refractivity contribution in [2.75, 3.05) is 0 Å². The van der Waals surface area contributed by atoms with Crippen LogP contribution in [0.2, 0.25) is 0 Å². The lowest BCUT2D eigenvalue weighted by atomic mass is 10.1. The first-order valence-electron chi connectivity index (χ1n) is 10.7. The maximum atomic E-state index is 13.5. The van der Waals surface area contributed by atoms with Gasteiger partial charge in [0.25, 0.3) is 5.56 Å². The van der Waals surface area contributed by atoms with Crippen LogP contribution in [-0.4, -0.2) is 9.55 Å².